The van der Waals surface area contributed by atoms with Crippen LogP contribution in [0.4, 0.5) is 5.69 Å². The van der Waals surface area contributed by atoms with Crippen LogP contribution in [-0.4, -0.2) is 57.4 Å². The highest BCUT2D eigenvalue weighted by molar-refractivity contribution is 6.05. The Morgan fingerprint density at radius 3 is 2.75 bits per heavy atom. The number of pyridine rings is 2. The van der Waals surface area contributed by atoms with E-state index in [-0.39, 0.29) is 24.5 Å². The normalized spacial score (nSPS) is 19.6. The van der Waals surface area contributed by atoms with E-state index in [1.165, 1.54) is 5.56 Å². The van der Waals surface area contributed by atoms with Gasteiger partial charge in [0, 0.05) is 41.7 Å². The van der Waals surface area contributed by atoms with Crippen LogP contribution in [0, 0.1) is 13.8 Å². The summed E-state index contributed by atoms with van der Waals surface area (Å²) in [5.74, 6) is 1.01. The monoisotopic (exact) mass is 537 g/mol. The molecule has 2 fully saturated rings. The van der Waals surface area contributed by atoms with Gasteiger partial charge < -0.3 is 14.6 Å². The Bertz CT molecular complexity index is 1660. The average molecular weight is 538 g/mol. The van der Waals surface area contributed by atoms with Gasteiger partial charge >= 0.3 is 0 Å². The zero-order valence-corrected chi connectivity index (χ0v) is 23.3. The molecule has 0 bridgehead atoms. The van der Waals surface area contributed by atoms with E-state index in [1.54, 1.807) is 0 Å². The van der Waals surface area contributed by atoms with Crippen LogP contribution in [0.15, 0.2) is 34.7 Å². The third kappa shape index (κ3) is 4.25. The van der Waals surface area contributed by atoms with Crippen LogP contribution in [0.5, 0.6) is 0 Å². The lowest BCUT2D eigenvalue weighted by molar-refractivity contribution is -0.133. The fourth-order valence-corrected chi connectivity index (χ4v) is 6.93. The van der Waals surface area contributed by atoms with Gasteiger partial charge in [-0.25, -0.2) is 9.97 Å². The first-order valence-electron chi connectivity index (χ1n) is 14.6. The molecule has 0 saturated carbocycles. The van der Waals surface area contributed by atoms with Crippen LogP contribution in [0.2, 0.25) is 0 Å². The fourth-order valence-electron chi connectivity index (χ4n) is 6.93. The Kier molecular flexibility index (Phi) is 6.30. The van der Waals surface area contributed by atoms with E-state index in [4.69, 9.17) is 14.4 Å². The number of benzene rings is 1. The first-order valence-corrected chi connectivity index (χ1v) is 14.6. The second-order valence-electron chi connectivity index (χ2n) is 11.5. The maximum absolute atomic E-state index is 13.5. The first-order chi connectivity index (χ1) is 19.5. The van der Waals surface area contributed by atoms with Crippen LogP contribution in [0.25, 0.3) is 33.3 Å². The maximum Gasteiger partial charge on any atom is 0.238 e. The predicted octanol–water partition coefficient (Wildman–Crippen LogP) is 5.52. The molecule has 1 N–H and O–H groups in total. The number of para-hydroxylation sites is 1. The molecule has 5 heterocycles. The minimum absolute atomic E-state index is 0.0226. The van der Waals surface area contributed by atoms with Crippen molar-refractivity contribution in [3.8, 4) is 11.3 Å². The summed E-state index contributed by atoms with van der Waals surface area (Å²) in [6.07, 6.45) is 7.60. The number of furan rings is 1. The van der Waals surface area contributed by atoms with E-state index in [0.717, 1.165) is 108 Å². The van der Waals surface area contributed by atoms with E-state index < -0.39 is 0 Å². The number of rotatable bonds is 5. The number of carbonyl (C=O) groups excluding carboxylic acids is 2. The Morgan fingerprint density at radius 2 is 1.90 bits per heavy atom. The van der Waals surface area contributed by atoms with Crippen molar-refractivity contribution in [3.05, 3.63) is 52.9 Å². The van der Waals surface area contributed by atoms with Crippen molar-refractivity contribution in [2.75, 3.05) is 25.0 Å². The summed E-state index contributed by atoms with van der Waals surface area (Å²) in [6, 6.07) is 10.00. The molecule has 7 rings (SSSR count). The van der Waals surface area contributed by atoms with Gasteiger partial charge in [0.2, 0.25) is 17.5 Å². The van der Waals surface area contributed by atoms with Crippen LogP contribution >= 0.6 is 0 Å². The lowest BCUT2D eigenvalue weighted by atomic mass is 9.88. The fraction of sp³-hybridized carbons (Fsp3) is 0.438. The Morgan fingerprint density at radius 1 is 1.05 bits per heavy atom. The number of nitrogens with zero attached hydrogens (tertiary/aromatic N) is 4. The van der Waals surface area contributed by atoms with Crippen molar-refractivity contribution in [1.82, 2.24) is 19.8 Å². The molecule has 4 aromatic rings. The van der Waals surface area contributed by atoms with Gasteiger partial charge in [-0.3, -0.25) is 14.5 Å². The Hall–Kier alpha value is -3.78. The lowest BCUT2D eigenvalue weighted by Crippen LogP contribution is -2.47. The zero-order chi connectivity index (χ0) is 27.4. The topological polar surface area (TPSA) is 91.6 Å². The molecule has 0 radical (unpaired) electrons. The number of anilines is 1. The highest BCUT2D eigenvalue weighted by Crippen LogP contribution is 2.41. The zero-order valence-electron chi connectivity index (χ0n) is 23.3. The maximum atomic E-state index is 13.5. The SMILES string of the molecule is Cc1oc2nc3c(c(-c4cc(NC(=O)CN5CCCC5N5CCCC5=O)c5ccccc5n4)c2c1C)CCCC3. The Balaban J connectivity index is 1.28. The third-order valence-electron chi connectivity index (χ3n) is 8.99. The van der Waals surface area contributed by atoms with Gasteiger partial charge in [0.1, 0.15) is 5.76 Å². The molecule has 1 atom stereocenters. The molecular formula is C32H35N5O3. The quantitative estimate of drug-likeness (QED) is 0.360. The highest BCUT2D eigenvalue weighted by atomic mass is 16.3. The largest absolute Gasteiger partial charge is 0.443 e. The summed E-state index contributed by atoms with van der Waals surface area (Å²) in [5, 5.41) is 5.16. The number of likely N-dealkylation sites (tertiary alicyclic amines) is 2. The molecule has 40 heavy (non-hydrogen) atoms. The van der Waals surface area contributed by atoms with Gasteiger partial charge in [-0.2, -0.15) is 0 Å². The van der Waals surface area contributed by atoms with E-state index in [1.807, 2.05) is 42.2 Å². The number of carbonyl (C=O) groups is 2. The van der Waals surface area contributed by atoms with E-state index in [0.29, 0.717) is 12.1 Å². The van der Waals surface area contributed by atoms with Crippen molar-refractivity contribution >= 4 is 39.5 Å². The lowest BCUT2D eigenvalue weighted by Gasteiger charge is -2.31. The molecule has 2 aliphatic heterocycles. The van der Waals surface area contributed by atoms with Crippen molar-refractivity contribution in [2.45, 2.75) is 71.4 Å². The number of aromatic nitrogens is 2. The molecule has 2 amide bonds. The van der Waals surface area contributed by atoms with Gasteiger partial charge in [0.15, 0.2) is 0 Å². The molecule has 1 unspecified atom stereocenters. The van der Waals surface area contributed by atoms with Gasteiger partial charge in [-0.1, -0.05) is 18.2 Å². The minimum Gasteiger partial charge on any atom is -0.443 e. The molecule has 8 heteroatoms. The molecule has 1 aromatic carbocycles. The molecular weight excluding hydrogens is 502 g/mol. The Labute approximate surface area is 233 Å². The second-order valence-corrected chi connectivity index (χ2v) is 11.5. The molecule has 3 aliphatic rings. The van der Waals surface area contributed by atoms with Crippen molar-refractivity contribution in [3.63, 3.8) is 0 Å². The summed E-state index contributed by atoms with van der Waals surface area (Å²) in [6.45, 7) is 5.95. The van der Waals surface area contributed by atoms with Crippen molar-refractivity contribution in [1.29, 1.82) is 0 Å². The van der Waals surface area contributed by atoms with Gasteiger partial charge in [0.05, 0.1) is 35.0 Å². The predicted molar refractivity (Wildman–Crippen MR) is 155 cm³/mol. The number of aryl methyl sites for hydroxylation is 3. The third-order valence-corrected chi connectivity index (χ3v) is 8.99. The summed E-state index contributed by atoms with van der Waals surface area (Å²) < 4.78 is 6.10. The number of amides is 2. The van der Waals surface area contributed by atoms with Crippen LogP contribution < -0.4 is 5.32 Å². The number of fused-ring (bicyclic) bond motifs is 3. The molecule has 206 valence electrons. The van der Waals surface area contributed by atoms with Crippen LogP contribution in [0.1, 0.15) is 61.1 Å². The van der Waals surface area contributed by atoms with E-state index >= 15 is 0 Å². The molecule has 1 aliphatic carbocycles. The average Bonchev–Trinajstić information content (AvgIpc) is 3.66. The number of hydrogen-bond acceptors (Lipinski definition) is 6. The molecule has 3 aromatic heterocycles. The van der Waals surface area contributed by atoms with E-state index in [2.05, 4.69) is 17.1 Å². The standard InChI is InChI=1S/C32H35N5O3/c1-19-20(2)40-32-30(19)31(22-10-4-6-12-24(22)35-32)26-17-25(21-9-3-5-11-23(21)33-26)34-27(38)18-36-15-7-13-28(36)37-16-8-14-29(37)39/h3,5,9,11,17,28H,4,6-8,10,12-16,18H2,1-2H3,(H,33,34,38). The van der Waals surface area contributed by atoms with Gasteiger partial charge in [-0.05, 0) is 76.5 Å². The van der Waals surface area contributed by atoms with Gasteiger partial charge in [0.25, 0.3) is 0 Å². The summed E-state index contributed by atoms with van der Waals surface area (Å²) in [7, 11) is 0. The number of hydrogen-bond donors (Lipinski definition) is 1. The minimum atomic E-state index is -0.0712. The van der Waals surface area contributed by atoms with Gasteiger partial charge in [-0.15, -0.1) is 0 Å². The molecule has 0 spiro atoms. The second kappa shape index (κ2) is 10.0. The molecule has 8 nitrogen and oxygen atoms in total. The first kappa shape index (κ1) is 25.2. The van der Waals surface area contributed by atoms with Crippen LogP contribution in [0.3, 0.4) is 0 Å². The van der Waals surface area contributed by atoms with E-state index in [9.17, 15) is 9.59 Å². The molecule has 2 saturated heterocycles. The number of nitrogens with one attached hydrogen (secondary N) is 1. The van der Waals surface area contributed by atoms with Crippen molar-refractivity contribution in [2.24, 2.45) is 0 Å². The smallest absolute Gasteiger partial charge is 0.238 e. The van der Waals surface area contributed by atoms with Crippen molar-refractivity contribution < 1.29 is 14.0 Å². The highest BCUT2D eigenvalue weighted by Gasteiger charge is 2.36. The summed E-state index contributed by atoms with van der Waals surface area (Å²) >= 11 is 0. The van der Waals surface area contributed by atoms with Crippen LogP contribution in [-0.2, 0) is 22.4 Å². The summed E-state index contributed by atoms with van der Waals surface area (Å²) in [5.41, 5.74) is 7.62. The summed E-state index contributed by atoms with van der Waals surface area (Å²) in [4.78, 5) is 40.1.